The summed E-state index contributed by atoms with van der Waals surface area (Å²) in [7, 11) is -3.45. The summed E-state index contributed by atoms with van der Waals surface area (Å²) in [5.41, 5.74) is 5.47. The van der Waals surface area contributed by atoms with Gasteiger partial charge in [-0.3, -0.25) is 0 Å². The Bertz CT molecular complexity index is 447. The quantitative estimate of drug-likeness (QED) is 0.847. The lowest BCUT2D eigenvalue weighted by Crippen LogP contribution is -2.11. The predicted molar refractivity (Wildman–Crippen MR) is 60.1 cm³/mol. The number of halogens is 1. The van der Waals surface area contributed by atoms with Gasteiger partial charge >= 0.3 is 0 Å². The van der Waals surface area contributed by atoms with E-state index in [0.717, 1.165) is 0 Å². The molecule has 3 N–H and O–H groups in total. The zero-order chi connectivity index (χ0) is 11.5. The second-order valence-corrected chi connectivity index (χ2v) is 5.93. The monoisotopic (exact) mass is 294 g/mol. The van der Waals surface area contributed by atoms with Crippen molar-refractivity contribution in [3.8, 4) is 0 Å². The molecule has 0 amide bonds. The Morgan fingerprint density at radius 3 is 2.80 bits per heavy atom. The first kappa shape index (κ1) is 12.4. The maximum absolute atomic E-state index is 11.7. The highest BCUT2D eigenvalue weighted by molar-refractivity contribution is 9.10. The van der Waals surface area contributed by atoms with Crippen molar-refractivity contribution in [2.24, 2.45) is 0 Å². The Labute approximate surface area is 96.4 Å². The van der Waals surface area contributed by atoms with E-state index in [2.05, 4.69) is 20.9 Å². The molecule has 5 nitrogen and oxygen atoms in total. The summed E-state index contributed by atoms with van der Waals surface area (Å²) >= 11 is 3.13. The van der Waals surface area contributed by atoms with Crippen molar-refractivity contribution in [2.45, 2.75) is 11.3 Å². The van der Waals surface area contributed by atoms with Crippen LogP contribution >= 0.6 is 15.9 Å². The molecule has 0 aromatic carbocycles. The van der Waals surface area contributed by atoms with Crippen LogP contribution in [-0.2, 0) is 9.84 Å². The highest BCUT2D eigenvalue weighted by atomic mass is 79.9. The van der Waals surface area contributed by atoms with Gasteiger partial charge in [-0.2, -0.15) is 0 Å². The van der Waals surface area contributed by atoms with Crippen LogP contribution in [-0.4, -0.2) is 30.9 Å². The van der Waals surface area contributed by atoms with Crippen LogP contribution in [0.2, 0.25) is 0 Å². The Balaban J connectivity index is 3.09. The maximum Gasteiger partial charge on any atom is 0.182 e. The molecular weight excluding hydrogens is 284 g/mol. The topological polar surface area (TPSA) is 93.3 Å². The molecular formula is C8H11BrN2O3S. The highest BCUT2D eigenvalue weighted by Gasteiger charge is 2.18. The first-order valence-electron chi connectivity index (χ1n) is 4.22. The van der Waals surface area contributed by atoms with Crippen LogP contribution in [0.15, 0.2) is 21.6 Å². The molecule has 1 aromatic rings. The molecule has 0 atom stereocenters. The van der Waals surface area contributed by atoms with Gasteiger partial charge in [0.1, 0.15) is 10.7 Å². The Morgan fingerprint density at radius 2 is 2.20 bits per heavy atom. The molecule has 0 spiro atoms. The number of anilines is 1. The van der Waals surface area contributed by atoms with Crippen LogP contribution in [0.25, 0.3) is 0 Å². The zero-order valence-corrected chi connectivity index (χ0v) is 10.3. The lowest BCUT2D eigenvalue weighted by molar-refractivity contribution is 0.295. The van der Waals surface area contributed by atoms with Gasteiger partial charge in [0.2, 0.25) is 0 Å². The summed E-state index contributed by atoms with van der Waals surface area (Å²) in [6.07, 6.45) is 1.62. The Hall–Kier alpha value is -0.660. The number of aromatic nitrogens is 1. The average Bonchev–Trinajstić information content (AvgIpc) is 2.18. The number of rotatable bonds is 4. The van der Waals surface area contributed by atoms with Crippen molar-refractivity contribution in [3.63, 3.8) is 0 Å². The molecule has 0 radical (unpaired) electrons. The average molecular weight is 295 g/mol. The second-order valence-electron chi connectivity index (χ2n) is 2.93. The van der Waals surface area contributed by atoms with Gasteiger partial charge in [-0.1, -0.05) is 0 Å². The van der Waals surface area contributed by atoms with E-state index in [1.54, 1.807) is 0 Å². The Kier molecular flexibility index (Phi) is 4.06. The lowest BCUT2D eigenvalue weighted by atomic mass is 10.5. The van der Waals surface area contributed by atoms with Gasteiger partial charge in [0.15, 0.2) is 9.84 Å². The third-order valence-corrected chi connectivity index (χ3v) is 4.01. The number of nitrogen functional groups attached to an aromatic ring is 1. The standard InChI is InChI=1S/C8H11BrN2O3S/c9-6-4-7(8(10)11-5-6)15(13,14)3-1-2-12/h4-5,12H,1-3H2,(H2,10,11). The molecule has 0 saturated heterocycles. The summed E-state index contributed by atoms with van der Waals surface area (Å²) in [6, 6.07) is 1.41. The van der Waals surface area contributed by atoms with Gasteiger partial charge in [-0.05, 0) is 28.4 Å². The molecule has 0 aliphatic heterocycles. The summed E-state index contributed by atoms with van der Waals surface area (Å²) in [4.78, 5) is 3.75. The number of nitrogens with zero attached hydrogens (tertiary/aromatic N) is 1. The van der Waals surface area contributed by atoms with Gasteiger partial charge in [0, 0.05) is 17.3 Å². The fourth-order valence-corrected chi connectivity index (χ4v) is 2.93. The van der Waals surface area contributed by atoms with E-state index in [9.17, 15) is 8.42 Å². The molecule has 0 fully saturated rings. The van der Waals surface area contributed by atoms with Crippen LogP contribution in [0.5, 0.6) is 0 Å². The smallest absolute Gasteiger partial charge is 0.182 e. The van der Waals surface area contributed by atoms with Crippen molar-refractivity contribution < 1.29 is 13.5 Å². The molecule has 1 aromatic heterocycles. The number of hydrogen-bond donors (Lipinski definition) is 2. The minimum Gasteiger partial charge on any atom is -0.396 e. The summed E-state index contributed by atoms with van der Waals surface area (Å²) < 4.78 is 24.0. The first-order chi connectivity index (χ1) is 6.97. The van der Waals surface area contributed by atoms with Crippen LogP contribution in [0.1, 0.15) is 6.42 Å². The van der Waals surface area contributed by atoms with Crippen molar-refractivity contribution in [1.82, 2.24) is 4.98 Å². The third kappa shape index (κ3) is 3.15. The normalized spacial score (nSPS) is 11.6. The third-order valence-electron chi connectivity index (χ3n) is 1.75. The van der Waals surface area contributed by atoms with Gasteiger partial charge in [0.05, 0.1) is 5.75 Å². The van der Waals surface area contributed by atoms with Crippen LogP contribution in [0.4, 0.5) is 5.82 Å². The minimum atomic E-state index is -3.45. The molecule has 1 rings (SSSR count). The van der Waals surface area contributed by atoms with Gasteiger partial charge in [0.25, 0.3) is 0 Å². The van der Waals surface area contributed by atoms with Gasteiger partial charge in [-0.15, -0.1) is 0 Å². The van der Waals surface area contributed by atoms with Crippen LogP contribution in [0.3, 0.4) is 0 Å². The van der Waals surface area contributed by atoms with Crippen molar-refractivity contribution >= 4 is 31.6 Å². The molecule has 0 saturated carbocycles. The van der Waals surface area contributed by atoms with E-state index in [0.29, 0.717) is 4.47 Å². The number of hydrogen-bond acceptors (Lipinski definition) is 5. The largest absolute Gasteiger partial charge is 0.396 e. The molecule has 0 bridgehead atoms. The summed E-state index contributed by atoms with van der Waals surface area (Å²) in [5.74, 6) is -0.151. The highest BCUT2D eigenvalue weighted by Crippen LogP contribution is 2.21. The molecule has 7 heteroatoms. The molecule has 84 valence electrons. The zero-order valence-electron chi connectivity index (χ0n) is 7.85. The van der Waals surface area contributed by atoms with Crippen LogP contribution < -0.4 is 5.73 Å². The second kappa shape index (κ2) is 4.91. The maximum atomic E-state index is 11.7. The van der Waals surface area contributed by atoms with E-state index < -0.39 is 9.84 Å². The number of sulfone groups is 1. The lowest BCUT2D eigenvalue weighted by Gasteiger charge is -2.06. The van der Waals surface area contributed by atoms with Gasteiger partial charge < -0.3 is 10.8 Å². The predicted octanol–water partition coefficient (Wildman–Crippen LogP) is 0.582. The van der Waals surface area contributed by atoms with Crippen molar-refractivity contribution in [3.05, 3.63) is 16.7 Å². The molecule has 0 aliphatic carbocycles. The molecule has 15 heavy (non-hydrogen) atoms. The summed E-state index contributed by atoms with van der Waals surface area (Å²) in [6.45, 7) is -0.166. The van der Waals surface area contributed by atoms with Crippen molar-refractivity contribution in [2.75, 3.05) is 18.1 Å². The van der Waals surface area contributed by atoms with E-state index in [1.165, 1.54) is 12.3 Å². The van der Waals surface area contributed by atoms with Crippen molar-refractivity contribution in [1.29, 1.82) is 0 Å². The van der Waals surface area contributed by atoms with E-state index >= 15 is 0 Å². The fourth-order valence-electron chi connectivity index (χ4n) is 1.04. The Morgan fingerprint density at radius 1 is 1.53 bits per heavy atom. The molecule has 1 heterocycles. The number of aliphatic hydroxyl groups is 1. The number of nitrogens with two attached hydrogens (primary N) is 1. The van der Waals surface area contributed by atoms with Crippen LogP contribution in [0, 0.1) is 0 Å². The van der Waals surface area contributed by atoms with E-state index in [4.69, 9.17) is 10.8 Å². The number of pyridine rings is 1. The van der Waals surface area contributed by atoms with E-state index in [1.807, 2.05) is 0 Å². The van der Waals surface area contributed by atoms with Gasteiger partial charge in [-0.25, -0.2) is 13.4 Å². The SMILES string of the molecule is Nc1ncc(Br)cc1S(=O)(=O)CCCO. The minimum absolute atomic E-state index is 0.00493. The molecule has 0 aliphatic rings. The first-order valence-corrected chi connectivity index (χ1v) is 6.66. The fraction of sp³-hybridized carbons (Fsp3) is 0.375. The summed E-state index contributed by atoms with van der Waals surface area (Å²) in [5, 5.41) is 8.58. The number of aliphatic hydroxyl groups excluding tert-OH is 1. The van der Waals surface area contributed by atoms with E-state index in [-0.39, 0.29) is 29.5 Å². The molecule has 0 unspecified atom stereocenters.